The van der Waals surface area contributed by atoms with E-state index in [2.05, 4.69) is 5.32 Å². The molecule has 41 heavy (non-hydrogen) atoms. The monoisotopic (exact) mass is 617 g/mol. The molecule has 11 heteroatoms. The van der Waals surface area contributed by atoms with Crippen LogP contribution in [-0.2, 0) is 32.6 Å². The number of benzene rings is 3. The van der Waals surface area contributed by atoms with Crippen molar-refractivity contribution in [1.29, 1.82) is 0 Å². The molecule has 3 rings (SSSR count). The molecule has 3 aromatic rings. The van der Waals surface area contributed by atoms with E-state index in [9.17, 15) is 22.8 Å². The van der Waals surface area contributed by atoms with Gasteiger partial charge in [0.1, 0.15) is 12.6 Å². The molecule has 1 N–H and O–H groups in total. The molecule has 1 atom stereocenters. The highest BCUT2D eigenvalue weighted by Gasteiger charge is 2.34. The van der Waals surface area contributed by atoms with Gasteiger partial charge in [0.2, 0.25) is 21.8 Å². The number of rotatable bonds is 12. The Labute approximate surface area is 251 Å². The molecule has 0 radical (unpaired) electrons. The van der Waals surface area contributed by atoms with E-state index in [-0.39, 0.29) is 30.5 Å². The van der Waals surface area contributed by atoms with Crippen LogP contribution in [0.3, 0.4) is 0 Å². The minimum atomic E-state index is -3.98. The second-order valence-corrected chi connectivity index (χ2v) is 12.7. The van der Waals surface area contributed by atoms with Crippen molar-refractivity contribution in [2.45, 2.75) is 45.8 Å². The summed E-state index contributed by atoms with van der Waals surface area (Å²) in [6.07, 6.45) is 1.13. The van der Waals surface area contributed by atoms with Crippen LogP contribution in [-0.4, -0.2) is 55.8 Å². The van der Waals surface area contributed by atoms with Crippen molar-refractivity contribution in [3.63, 3.8) is 0 Å². The molecule has 8 nitrogen and oxygen atoms in total. The topological polar surface area (TPSA) is 104 Å². The van der Waals surface area contributed by atoms with Crippen LogP contribution in [0.25, 0.3) is 0 Å². The van der Waals surface area contributed by atoms with Crippen molar-refractivity contribution in [3.8, 4) is 0 Å². The Kier molecular flexibility index (Phi) is 11.0. The maximum Gasteiger partial charge on any atom is 0.244 e. The number of nitrogens with zero attached hydrogens (tertiary/aromatic N) is 2. The first-order chi connectivity index (χ1) is 19.3. The van der Waals surface area contributed by atoms with Crippen molar-refractivity contribution < 1.29 is 22.8 Å². The highest BCUT2D eigenvalue weighted by molar-refractivity contribution is 7.92. The average molecular weight is 619 g/mol. The molecule has 0 aliphatic rings. The fourth-order valence-electron chi connectivity index (χ4n) is 4.28. The van der Waals surface area contributed by atoms with Gasteiger partial charge in [-0.1, -0.05) is 71.7 Å². The van der Waals surface area contributed by atoms with Crippen molar-refractivity contribution in [2.24, 2.45) is 0 Å². The van der Waals surface area contributed by atoms with E-state index in [1.54, 1.807) is 30.3 Å². The molecule has 0 aliphatic heterocycles. The minimum Gasteiger partial charge on any atom is -0.352 e. The Balaban J connectivity index is 2.12. The second kappa shape index (κ2) is 14.0. The zero-order valence-corrected chi connectivity index (χ0v) is 25.6. The first-order valence-electron chi connectivity index (χ1n) is 12.9. The Morgan fingerprint density at radius 2 is 1.51 bits per heavy atom. The number of anilines is 1. The standard InChI is InChI=1S/C30H33Cl2N3O5S/c1-20(2)33-30(38)28(16-22-10-6-5-7-11-22)34(18-25-26(31)14-9-15-27(25)32)29(37)19-35(41(4,39)40)24-13-8-12-23(17-24)21(3)36/h5-15,17,20,28H,16,18-19H2,1-4H3,(H,33,38). The summed E-state index contributed by atoms with van der Waals surface area (Å²) in [5, 5.41) is 3.48. The van der Waals surface area contributed by atoms with Gasteiger partial charge in [0.15, 0.2) is 5.78 Å². The molecule has 0 saturated heterocycles. The number of amides is 2. The largest absolute Gasteiger partial charge is 0.352 e. The van der Waals surface area contributed by atoms with E-state index in [4.69, 9.17) is 23.2 Å². The van der Waals surface area contributed by atoms with Crippen molar-refractivity contribution >= 4 is 56.5 Å². The number of nitrogens with one attached hydrogen (secondary N) is 1. The number of sulfonamides is 1. The molecule has 0 fully saturated rings. The summed E-state index contributed by atoms with van der Waals surface area (Å²) in [7, 11) is -3.98. The molecule has 218 valence electrons. The average Bonchev–Trinajstić information content (AvgIpc) is 2.90. The molecule has 3 aromatic carbocycles. The van der Waals surface area contributed by atoms with Crippen LogP contribution in [0.5, 0.6) is 0 Å². The predicted molar refractivity (Wildman–Crippen MR) is 163 cm³/mol. The van der Waals surface area contributed by atoms with E-state index >= 15 is 0 Å². The summed E-state index contributed by atoms with van der Waals surface area (Å²) in [5.41, 5.74) is 1.66. The predicted octanol–water partition coefficient (Wildman–Crippen LogP) is 5.13. The maximum absolute atomic E-state index is 14.1. The van der Waals surface area contributed by atoms with Crippen LogP contribution >= 0.6 is 23.2 Å². The van der Waals surface area contributed by atoms with Gasteiger partial charge < -0.3 is 10.2 Å². The fourth-order valence-corrected chi connectivity index (χ4v) is 5.64. The molecule has 1 unspecified atom stereocenters. The van der Waals surface area contributed by atoms with Gasteiger partial charge in [0.05, 0.1) is 11.9 Å². The number of ketones is 1. The summed E-state index contributed by atoms with van der Waals surface area (Å²) < 4.78 is 26.8. The molecule has 0 aliphatic carbocycles. The number of carbonyl (C=O) groups is 3. The lowest BCUT2D eigenvalue weighted by atomic mass is 10.0. The summed E-state index contributed by atoms with van der Waals surface area (Å²) >= 11 is 12.9. The van der Waals surface area contributed by atoms with Gasteiger partial charge in [-0.05, 0) is 50.6 Å². The van der Waals surface area contributed by atoms with Crippen LogP contribution in [0.4, 0.5) is 5.69 Å². The van der Waals surface area contributed by atoms with Gasteiger partial charge in [-0.2, -0.15) is 0 Å². The SMILES string of the molecule is CC(=O)c1cccc(N(CC(=O)N(Cc2c(Cl)cccc2Cl)C(Cc2ccccc2)C(=O)NC(C)C)S(C)(=O)=O)c1. The van der Waals surface area contributed by atoms with Crippen molar-refractivity contribution in [1.82, 2.24) is 10.2 Å². The van der Waals surface area contributed by atoms with Gasteiger partial charge in [-0.15, -0.1) is 0 Å². The first kappa shape index (κ1) is 32.1. The van der Waals surface area contributed by atoms with E-state index in [1.807, 2.05) is 44.2 Å². The Morgan fingerprint density at radius 1 is 0.902 bits per heavy atom. The van der Waals surface area contributed by atoms with E-state index in [1.165, 1.54) is 24.0 Å². The third-order valence-electron chi connectivity index (χ3n) is 6.31. The number of halogens is 2. The van der Waals surface area contributed by atoms with Crippen LogP contribution in [0.1, 0.15) is 42.3 Å². The highest BCUT2D eigenvalue weighted by atomic mass is 35.5. The number of hydrogen-bond donors (Lipinski definition) is 1. The summed E-state index contributed by atoms with van der Waals surface area (Å²) in [6.45, 7) is 4.21. The molecular formula is C30H33Cl2N3O5S. The number of Topliss-reactive ketones (excluding diaryl/α,β-unsaturated/α-hetero) is 1. The van der Waals surface area contributed by atoms with Crippen LogP contribution in [0, 0.1) is 0 Å². The third-order valence-corrected chi connectivity index (χ3v) is 8.16. The van der Waals surface area contributed by atoms with E-state index in [0.29, 0.717) is 21.2 Å². The molecule has 0 saturated carbocycles. The van der Waals surface area contributed by atoms with Gasteiger partial charge in [-0.3, -0.25) is 18.7 Å². The zero-order chi connectivity index (χ0) is 30.3. The molecule has 0 aromatic heterocycles. The van der Waals surface area contributed by atoms with Crippen molar-refractivity contribution in [3.05, 3.63) is 99.5 Å². The van der Waals surface area contributed by atoms with E-state index < -0.39 is 34.4 Å². The number of carbonyl (C=O) groups excluding carboxylic acids is 3. The van der Waals surface area contributed by atoms with Crippen LogP contribution in [0.15, 0.2) is 72.8 Å². The van der Waals surface area contributed by atoms with Gasteiger partial charge in [-0.25, -0.2) is 8.42 Å². The van der Waals surface area contributed by atoms with Gasteiger partial charge >= 0.3 is 0 Å². The zero-order valence-electron chi connectivity index (χ0n) is 23.3. The van der Waals surface area contributed by atoms with Crippen LogP contribution in [0.2, 0.25) is 10.0 Å². The maximum atomic E-state index is 14.1. The van der Waals surface area contributed by atoms with Crippen LogP contribution < -0.4 is 9.62 Å². The molecule has 2 amide bonds. The smallest absolute Gasteiger partial charge is 0.244 e. The quantitative estimate of drug-likeness (QED) is 0.284. The third kappa shape index (κ3) is 8.79. The van der Waals surface area contributed by atoms with E-state index in [0.717, 1.165) is 16.1 Å². The summed E-state index contributed by atoms with van der Waals surface area (Å²) in [4.78, 5) is 41.0. The first-order valence-corrected chi connectivity index (χ1v) is 15.5. The molecular weight excluding hydrogens is 585 g/mol. The summed E-state index contributed by atoms with van der Waals surface area (Å²) in [6, 6.07) is 18.9. The molecule has 0 bridgehead atoms. The lowest BCUT2D eigenvalue weighted by Gasteiger charge is -2.34. The van der Waals surface area contributed by atoms with Gasteiger partial charge in [0.25, 0.3) is 0 Å². The fraction of sp³-hybridized carbons (Fsp3) is 0.300. The molecule has 0 heterocycles. The number of hydrogen-bond acceptors (Lipinski definition) is 5. The van der Waals surface area contributed by atoms with Gasteiger partial charge in [0, 0.05) is 40.2 Å². The Hall–Kier alpha value is -3.40. The Morgan fingerprint density at radius 3 is 2.07 bits per heavy atom. The lowest BCUT2D eigenvalue weighted by molar-refractivity contribution is -0.140. The Bertz CT molecular complexity index is 1490. The van der Waals surface area contributed by atoms with Crippen molar-refractivity contribution in [2.75, 3.05) is 17.1 Å². The minimum absolute atomic E-state index is 0.147. The lowest BCUT2D eigenvalue weighted by Crippen LogP contribution is -2.54. The normalized spacial score (nSPS) is 12.1. The highest BCUT2D eigenvalue weighted by Crippen LogP contribution is 2.28. The molecule has 0 spiro atoms. The summed E-state index contributed by atoms with van der Waals surface area (Å²) in [5.74, 6) is -1.32. The second-order valence-electron chi connectivity index (χ2n) is 9.97.